The second-order valence-corrected chi connectivity index (χ2v) is 6.08. The van der Waals surface area contributed by atoms with Gasteiger partial charge in [-0.2, -0.15) is 0 Å². The minimum absolute atomic E-state index is 0.0643. The molecular weight excluding hydrogens is 342 g/mol. The molecular formula is C19H20ClNO4. The molecule has 6 heteroatoms. The number of halogens is 1. The predicted octanol–water partition coefficient (Wildman–Crippen LogP) is 3.69. The van der Waals surface area contributed by atoms with Crippen molar-refractivity contribution in [3.63, 3.8) is 0 Å². The first-order valence-corrected chi connectivity index (χ1v) is 8.12. The van der Waals surface area contributed by atoms with E-state index in [2.05, 4.69) is 5.32 Å². The van der Waals surface area contributed by atoms with E-state index in [1.54, 1.807) is 37.4 Å². The predicted molar refractivity (Wildman–Crippen MR) is 97.2 cm³/mol. The number of nitrogens with one attached hydrogen (secondary N) is 1. The van der Waals surface area contributed by atoms with Crippen molar-refractivity contribution in [3.8, 4) is 5.75 Å². The fourth-order valence-electron chi connectivity index (χ4n) is 2.40. The molecule has 0 atom stereocenters. The third-order valence-corrected chi connectivity index (χ3v) is 3.84. The van der Waals surface area contributed by atoms with Gasteiger partial charge in [0, 0.05) is 0 Å². The molecule has 0 aliphatic carbocycles. The van der Waals surface area contributed by atoms with Gasteiger partial charge in [-0.3, -0.25) is 9.59 Å². The fourth-order valence-corrected chi connectivity index (χ4v) is 2.76. The van der Waals surface area contributed by atoms with Crippen LogP contribution in [0.5, 0.6) is 5.75 Å². The molecule has 5 nitrogen and oxygen atoms in total. The van der Waals surface area contributed by atoms with E-state index in [0.717, 1.165) is 16.7 Å². The van der Waals surface area contributed by atoms with Crippen molar-refractivity contribution in [3.05, 3.63) is 58.1 Å². The first-order valence-electron chi connectivity index (χ1n) is 7.74. The Morgan fingerprint density at radius 1 is 1.16 bits per heavy atom. The van der Waals surface area contributed by atoms with Crippen LogP contribution in [-0.4, -0.2) is 25.6 Å². The Kier molecular flexibility index (Phi) is 6.42. The number of hydrogen-bond acceptors (Lipinski definition) is 4. The van der Waals surface area contributed by atoms with Crippen LogP contribution in [0.3, 0.4) is 0 Å². The van der Waals surface area contributed by atoms with Gasteiger partial charge in [0.25, 0.3) is 5.91 Å². The van der Waals surface area contributed by atoms with Crippen LogP contribution in [0.1, 0.15) is 16.7 Å². The summed E-state index contributed by atoms with van der Waals surface area (Å²) in [6.07, 6.45) is 0.0643. The van der Waals surface area contributed by atoms with Crippen molar-refractivity contribution in [2.45, 2.75) is 20.3 Å². The van der Waals surface area contributed by atoms with Crippen LogP contribution in [-0.2, 0) is 20.7 Å². The Balaban J connectivity index is 1.88. The quantitative estimate of drug-likeness (QED) is 0.797. The highest BCUT2D eigenvalue weighted by Crippen LogP contribution is 2.27. The zero-order valence-electron chi connectivity index (χ0n) is 14.4. The second-order valence-electron chi connectivity index (χ2n) is 5.68. The zero-order chi connectivity index (χ0) is 18.4. The molecule has 0 saturated carbocycles. The SMILES string of the molecule is COc1cccc(CC(=O)OCC(=O)Nc2c(C)cc(C)cc2Cl)c1. The summed E-state index contributed by atoms with van der Waals surface area (Å²) in [7, 11) is 1.56. The minimum Gasteiger partial charge on any atom is -0.497 e. The number of benzene rings is 2. The largest absolute Gasteiger partial charge is 0.497 e. The Bertz CT molecular complexity index is 766. The number of rotatable bonds is 6. The summed E-state index contributed by atoms with van der Waals surface area (Å²) >= 11 is 6.14. The molecule has 0 heterocycles. The standard InChI is InChI=1S/C19H20ClNO4/c1-12-7-13(2)19(16(20)8-12)21-17(22)11-25-18(23)10-14-5-4-6-15(9-14)24-3/h4-9H,10-11H2,1-3H3,(H,21,22). The summed E-state index contributed by atoms with van der Waals surface area (Å²) < 4.78 is 10.1. The summed E-state index contributed by atoms with van der Waals surface area (Å²) in [5.41, 5.74) is 3.13. The number of methoxy groups -OCH3 is 1. The number of anilines is 1. The van der Waals surface area contributed by atoms with E-state index in [-0.39, 0.29) is 13.0 Å². The van der Waals surface area contributed by atoms with Crippen LogP contribution in [0.25, 0.3) is 0 Å². The molecule has 1 N–H and O–H groups in total. The van der Waals surface area contributed by atoms with Gasteiger partial charge in [0.1, 0.15) is 5.75 Å². The van der Waals surface area contributed by atoms with E-state index >= 15 is 0 Å². The van der Waals surface area contributed by atoms with Gasteiger partial charge in [0.15, 0.2) is 6.61 Å². The first-order chi connectivity index (χ1) is 11.9. The molecule has 2 rings (SSSR count). The average molecular weight is 362 g/mol. The molecule has 0 bridgehead atoms. The normalized spacial score (nSPS) is 10.2. The van der Waals surface area contributed by atoms with Crippen molar-refractivity contribution in [1.29, 1.82) is 0 Å². The molecule has 0 aliphatic rings. The van der Waals surface area contributed by atoms with Gasteiger partial charge in [0.2, 0.25) is 0 Å². The molecule has 0 spiro atoms. The maximum absolute atomic E-state index is 12.0. The van der Waals surface area contributed by atoms with E-state index < -0.39 is 11.9 Å². The summed E-state index contributed by atoms with van der Waals surface area (Å²) in [6, 6.07) is 10.8. The molecule has 0 fully saturated rings. The van der Waals surface area contributed by atoms with Crippen LogP contribution in [0, 0.1) is 13.8 Å². The topological polar surface area (TPSA) is 64.6 Å². The van der Waals surface area contributed by atoms with E-state index in [1.165, 1.54) is 0 Å². The molecule has 132 valence electrons. The van der Waals surface area contributed by atoms with E-state index in [0.29, 0.717) is 16.5 Å². The van der Waals surface area contributed by atoms with Crippen molar-refractivity contribution in [2.24, 2.45) is 0 Å². The van der Waals surface area contributed by atoms with Crippen LogP contribution in [0.15, 0.2) is 36.4 Å². The summed E-state index contributed by atoms with van der Waals surface area (Å²) in [5, 5.41) is 3.13. The Hall–Kier alpha value is -2.53. The monoisotopic (exact) mass is 361 g/mol. The van der Waals surface area contributed by atoms with Gasteiger partial charge >= 0.3 is 5.97 Å². The number of carbonyl (C=O) groups excluding carboxylic acids is 2. The maximum atomic E-state index is 12.0. The number of esters is 1. The average Bonchev–Trinajstić information content (AvgIpc) is 2.56. The summed E-state index contributed by atoms with van der Waals surface area (Å²) in [6.45, 7) is 3.40. The summed E-state index contributed by atoms with van der Waals surface area (Å²) in [4.78, 5) is 23.9. The number of amides is 1. The number of carbonyl (C=O) groups is 2. The first kappa shape index (κ1) is 18.8. The van der Waals surface area contributed by atoms with Gasteiger partial charge in [-0.1, -0.05) is 29.8 Å². The molecule has 0 unspecified atom stereocenters. The Morgan fingerprint density at radius 3 is 2.60 bits per heavy atom. The molecule has 0 aliphatic heterocycles. The maximum Gasteiger partial charge on any atom is 0.310 e. The summed E-state index contributed by atoms with van der Waals surface area (Å²) in [5.74, 6) is -0.268. The van der Waals surface area contributed by atoms with Gasteiger partial charge < -0.3 is 14.8 Å². The third kappa shape index (κ3) is 5.50. The lowest BCUT2D eigenvalue weighted by molar-refractivity contribution is -0.146. The van der Waals surface area contributed by atoms with E-state index in [9.17, 15) is 9.59 Å². The number of ether oxygens (including phenoxy) is 2. The molecule has 0 saturated heterocycles. The molecule has 25 heavy (non-hydrogen) atoms. The Labute approximate surface area is 151 Å². The van der Waals surface area contributed by atoms with Crippen LogP contribution in [0.4, 0.5) is 5.69 Å². The van der Waals surface area contributed by atoms with Gasteiger partial charge in [-0.25, -0.2) is 0 Å². The zero-order valence-corrected chi connectivity index (χ0v) is 15.1. The minimum atomic E-state index is -0.491. The second kappa shape index (κ2) is 8.53. The highest BCUT2D eigenvalue weighted by atomic mass is 35.5. The fraction of sp³-hybridized carbons (Fsp3) is 0.263. The van der Waals surface area contributed by atoms with Crippen molar-refractivity contribution < 1.29 is 19.1 Å². The van der Waals surface area contributed by atoms with Gasteiger partial charge in [0.05, 0.1) is 24.2 Å². The molecule has 2 aromatic rings. The lowest BCUT2D eigenvalue weighted by Gasteiger charge is -2.12. The van der Waals surface area contributed by atoms with Crippen molar-refractivity contribution in [1.82, 2.24) is 0 Å². The van der Waals surface area contributed by atoms with Crippen LogP contribution >= 0.6 is 11.6 Å². The van der Waals surface area contributed by atoms with Crippen LogP contribution in [0.2, 0.25) is 5.02 Å². The highest BCUT2D eigenvalue weighted by molar-refractivity contribution is 6.34. The van der Waals surface area contributed by atoms with E-state index in [4.69, 9.17) is 21.1 Å². The molecule has 0 radical (unpaired) electrons. The highest BCUT2D eigenvalue weighted by Gasteiger charge is 2.12. The number of hydrogen-bond donors (Lipinski definition) is 1. The van der Waals surface area contributed by atoms with Crippen molar-refractivity contribution >= 4 is 29.2 Å². The van der Waals surface area contributed by atoms with Crippen molar-refractivity contribution in [2.75, 3.05) is 19.0 Å². The molecule has 1 amide bonds. The van der Waals surface area contributed by atoms with Crippen LogP contribution < -0.4 is 10.1 Å². The molecule has 2 aromatic carbocycles. The third-order valence-electron chi connectivity index (χ3n) is 3.54. The molecule has 0 aromatic heterocycles. The van der Waals surface area contributed by atoms with Gasteiger partial charge in [-0.15, -0.1) is 0 Å². The van der Waals surface area contributed by atoms with Gasteiger partial charge in [-0.05, 0) is 48.7 Å². The lowest BCUT2D eigenvalue weighted by Crippen LogP contribution is -2.22. The Morgan fingerprint density at radius 2 is 1.92 bits per heavy atom. The smallest absolute Gasteiger partial charge is 0.310 e. The number of aryl methyl sites for hydroxylation is 2. The lowest BCUT2D eigenvalue weighted by atomic mass is 10.1. The van der Waals surface area contributed by atoms with E-state index in [1.807, 2.05) is 19.9 Å².